The van der Waals surface area contributed by atoms with E-state index < -0.39 is 11.9 Å². The van der Waals surface area contributed by atoms with Crippen molar-refractivity contribution in [2.24, 2.45) is 0 Å². The topological polar surface area (TPSA) is 66.9 Å². The van der Waals surface area contributed by atoms with Gasteiger partial charge in [-0.2, -0.15) is 13.2 Å². The van der Waals surface area contributed by atoms with Crippen LogP contribution in [0.15, 0.2) is 18.6 Å². The first-order chi connectivity index (χ1) is 11.5. The number of hydrogen-bond donors (Lipinski definition) is 1. The van der Waals surface area contributed by atoms with Crippen molar-refractivity contribution in [3.05, 3.63) is 30.1 Å². The van der Waals surface area contributed by atoms with Crippen LogP contribution in [0.4, 0.5) is 19.0 Å². The number of hydrogen-bond acceptors (Lipinski definition) is 5. The number of imidazole rings is 1. The van der Waals surface area contributed by atoms with Crippen molar-refractivity contribution in [1.82, 2.24) is 19.9 Å². The van der Waals surface area contributed by atoms with Crippen LogP contribution in [0.5, 0.6) is 5.88 Å². The summed E-state index contributed by atoms with van der Waals surface area (Å²) in [7, 11) is 0. The Morgan fingerprint density at radius 3 is 2.62 bits per heavy atom. The lowest BCUT2D eigenvalue weighted by atomic mass is 9.96. The molecule has 1 aliphatic rings. The number of aromatic amines is 1. The van der Waals surface area contributed by atoms with Crippen molar-refractivity contribution >= 4 is 5.82 Å². The Balaban J connectivity index is 1.63. The summed E-state index contributed by atoms with van der Waals surface area (Å²) in [5.74, 6) is 1.68. The molecule has 1 N–H and O–H groups in total. The summed E-state index contributed by atoms with van der Waals surface area (Å²) in [5, 5.41) is 0. The molecule has 1 fully saturated rings. The summed E-state index contributed by atoms with van der Waals surface area (Å²) in [6, 6.07) is 1.78. The first kappa shape index (κ1) is 16.5. The van der Waals surface area contributed by atoms with E-state index in [1.165, 1.54) is 6.33 Å². The average Bonchev–Trinajstić information content (AvgIpc) is 3.06. The molecule has 0 aliphatic carbocycles. The number of ether oxygens (including phenoxy) is 1. The van der Waals surface area contributed by atoms with Gasteiger partial charge in [0.1, 0.15) is 23.7 Å². The molecule has 0 aromatic carbocycles. The lowest BCUT2D eigenvalue weighted by Gasteiger charge is -2.32. The molecule has 0 radical (unpaired) electrons. The Hall–Kier alpha value is -2.32. The molecular formula is C15H18F3N5O. The number of halogens is 3. The Morgan fingerprint density at radius 2 is 2.00 bits per heavy atom. The van der Waals surface area contributed by atoms with Gasteiger partial charge in [-0.15, -0.1) is 0 Å². The second-order valence-electron chi connectivity index (χ2n) is 5.59. The van der Waals surface area contributed by atoms with Crippen molar-refractivity contribution in [1.29, 1.82) is 0 Å². The summed E-state index contributed by atoms with van der Waals surface area (Å²) in [6.07, 6.45) is -0.658. The van der Waals surface area contributed by atoms with Crippen LogP contribution in [0, 0.1) is 0 Å². The van der Waals surface area contributed by atoms with Crippen LogP contribution in [0.2, 0.25) is 0 Å². The molecule has 3 heterocycles. The number of alkyl halides is 3. The number of nitrogens with zero attached hydrogens (tertiary/aromatic N) is 4. The molecule has 0 bridgehead atoms. The molecule has 0 spiro atoms. The number of H-pyrrole nitrogens is 1. The van der Waals surface area contributed by atoms with Crippen LogP contribution in [-0.2, 0) is 6.18 Å². The molecule has 24 heavy (non-hydrogen) atoms. The van der Waals surface area contributed by atoms with E-state index in [1.54, 1.807) is 6.07 Å². The molecular weight excluding hydrogens is 323 g/mol. The van der Waals surface area contributed by atoms with Gasteiger partial charge in [0.2, 0.25) is 5.88 Å². The highest BCUT2D eigenvalue weighted by Crippen LogP contribution is 2.32. The molecule has 0 amide bonds. The van der Waals surface area contributed by atoms with E-state index in [1.807, 2.05) is 6.92 Å². The van der Waals surface area contributed by atoms with Crippen molar-refractivity contribution in [3.8, 4) is 5.88 Å². The molecule has 1 aliphatic heterocycles. The maximum Gasteiger partial charge on any atom is 0.432 e. The number of piperidine rings is 1. The summed E-state index contributed by atoms with van der Waals surface area (Å²) in [4.78, 5) is 16.7. The first-order valence-corrected chi connectivity index (χ1v) is 7.79. The van der Waals surface area contributed by atoms with Gasteiger partial charge in [0, 0.05) is 25.1 Å². The fourth-order valence-electron chi connectivity index (χ4n) is 2.80. The fourth-order valence-corrected chi connectivity index (χ4v) is 2.80. The van der Waals surface area contributed by atoms with E-state index in [-0.39, 0.29) is 5.92 Å². The van der Waals surface area contributed by atoms with E-state index in [4.69, 9.17) is 4.74 Å². The van der Waals surface area contributed by atoms with Gasteiger partial charge >= 0.3 is 6.18 Å². The zero-order chi connectivity index (χ0) is 17.2. The minimum absolute atomic E-state index is 0.00875. The molecule has 0 atom stereocenters. The third kappa shape index (κ3) is 3.60. The van der Waals surface area contributed by atoms with Gasteiger partial charge < -0.3 is 14.6 Å². The number of rotatable bonds is 4. The van der Waals surface area contributed by atoms with Crippen LogP contribution in [-0.4, -0.2) is 39.6 Å². The highest BCUT2D eigenvalue weighted by molar-refractivity contribution is 5.41. The first-order valence-electron chi connectivity index (χ1n) is 7.79. The zero-order valence-electron chi connectivity index (χ0n) is 13.2. The van der Waals surface area contributed by atoms with Crippen LogP contribution in [0.3, 0.4) is 0 Å². The molecule has 2 aromatic heterocycles. The molecule has 6 nitrogen and oxygen atoms in total. The molecule has 1 saturated heterocycles. The van der Waals surface area contributed by atoms with Crippen LogP contribution in [0.25, 0.3) is 0 Å². The molecule has 130 valence electrons. The maximum atomic E-state index is 12.6. The van der Waals surface area contributed by atoms with E-state index in [0.29, 0.717) is 44.2 Å². The third-order valence-corrected chi connectivity index (χ3v) is 4.03. The average molecular weight is 341 g/mol. The highest BCUT2D eigenvalue weighted by Gasteiger charge is 2.34. The van der Waals surface area contributed by atoms with Gasteiger partial charge in [-0.05, 0) is 19.8 Å². The number of nitrogens with one attached hydrogen (secondary N) is 1. The van der Waals surface area contributed by atoms with Gasteiger partial charge in [0.15, 0.2) is 0 Å². The van der Waals surface area contributed by atoms with E-state index >= 15 is 0 Å². The number of aromatic nitrogens is 4. The maximum absolute atomic E-state index is 12.6. The smallest absolute Gasteiger partial charge is 0.432 e. The number of anilines is 1. The second-order valence-corrected chi connectivity index (χ2v) is 5.59. The van der Waals surface area contributed by atoms with E-state index in [9.17, 15) is 13.2 Å². The van der Waals surface area contributed by atoms with Gasteiger partial charge in [-0.3, -0.25) is 0 Å². The lowest BCUT2D eigenvalue weighted by molar-refractivity contribution is -0.141. The largest absolute Gasteiger partial charge is 0.478 e. The van der Waals surface area contributed by atoms with E-state index in [2.05, 4.69) is 24.8 Å². The predicted octanol–water partition coefficient (Wildman–Crippen LogP) is 3.00. The standard InChI is InChI=1S/C15H18F3N5O/c1-2-24-13-7-12(20-9-21-13)23-5-3-10(4-6-23)14-19-8-11(22-14)15(16,17)18/h7-10H,2-6H2,1H3,(H,19,22). The van der Waals surface area contributed by atoms with Gasteiger partial charge in [0.05, 0.1) is 12.8 Å². The van der Waals surface area contributed by atoms with Crippen molar-refractivity contribution in [2.45, 2.75) is 31.9 Å². The highest BCUT2D eigenvalue weighted by atomic mass is 19.4. The van der Waals surface area contributed by atoms with Crippen molar-refractivity contribution < 1.29 is 17.9 Å². The minimum atomic E-state index is -4.39. The molecule has 9 heteroatoms. The predicted molar refractivity (Wildman–Crippen MR) is 81.0 cm³/mol. The Bertz CT molecular complexity index is 680. The zero-order valence-corrected chi connectivity index (χ0v) is 13.2. The van der Waals surface area contributed by atoms with E-state index in [0.717, 1.165) is 12.0 Å². The van der Waals surface area contributed by atoms with Crippen LogP contribution >= 0.6 is 0 Å². The monoisotopic (exact) mass is 341 g/mol. The van der Waals surface area contributed by atoms with Crippen molar-refractivity contribution in [3.63, 3.8) is 0 Å². The fraction of sp³-hybridized carbons (Fsp3) is 0.533. The SMILES string of the molecule is CCOc1cc(N2CCC(c3ncc(C(F)(F)F)[nH]3)CC2)ncn1. The van der Waals surface area contributed by atoms with Gasteiger partial charge in [-0.1, -0.05) is 0 Å². The molecule has 2 aromatic rings. The minimum Gasteiger partial charge on any atom is -0.478 e. The summed E-state index contributed by atoms with van der Waals surface area (Å²) < 4.78 is 43.3. The third-order valence-electron chi connectivity index (χ3n) is 4.03. The van der Waals surface area contributed by atoms with Gasteiger partial charge in [0.25, 0.3) is 0 Å². The Morgan fingerprint density at radius 1 is 1.25 bits per heavy atom. The van der Waals surface area contributed by atoms with Crippen LogP contribution < -0.4 is 9.64 Å². The van der Waals surface area contributed by atoms with Crippen LogP contribution in [0.1, 0.15) is 37.2 Å². The van der Waals surface area contributed by atoms with Crippen molar-refractivity contribution in [2.75, 3.05) is 24.6 Å². The molecule has 0 saturated carbocycles. The van der Waals surface area contributed by atoms with Gasteiger partial charge in [-0.25, -0.2) is 15.0 Å². The Labute approximate surface area is 137 Å². The molecule has 0 unspecified atom stereocenters. The quantitative estimate of drug-likeness (QED) is 0.926. The summed E-state index contributed by atoms with van der Waals surface area (Å²) in [5.41, 5.74) is -0.794. The lowest BCUT2D eigenvalue weighted by Crippen LogP contribution is -2.33. The summed E-state index contributed by atoms with van der Waals surface area (Å²) in [6.45, 7) is 3.79. The second kappa shape index (κ2) is 6.66. The molecule has 3 rings (SSSR count). The normalized spacial score (nSPS) is 16.4. The summed E-state index contributed by atoms with van der Waals surface area (Å²) >= 11 is 0. The Kier molecular flexibility index (Phi) is 4.59.